The van der Waals surface area contributed by atoms with Crippen molar-refractivity contribution in [1.29, 1.82) is 0 Å². The molecule has 0 saturated heterocycles. The maximum atomic E-state index is 2.61. The SMILES string of the molecule is Cc1ccc2c3c1N(c1ccccc1)c1ccccc1B3c1cc3c(cc1N2c1ccccc1)[Si](c1ccccc1)(c1ccccc1)c1ccccc1-3. The van der Waals surface area contributed by atoms with Crippen molar-refractivity contribution < 1.29 is 0 Å². The molecule has 53 heavy (non-hydrogen) atoms. The number of rotatable bonds is 4. The zero-order chi connectivity index (χ0) is 35.1. The van der Waals surface area contributed by atoms with Gasteiger partial charge >= 0.3 is 0 Å². The first-order valence-electron chi connectivity index (χ1n) is 18.6. The molecule has 3 aliphatic rings. The Hall–Kier alpha value is -6.36. The summed E-state index contributed by atoms with van der Waals surface area (Å²) in [7, 11) is -2.71. The van der Waals surface area contributed by atoms with Gasteiger partial charge in [0.1, 0.15) is 0 Å². The van der Waals surface area contributed by atoms with Crippen molar-refractivity contribution in [1.82, 2.24) is 0 Å². The van der Waals surface area contributed by atoms with Crippen molar-refractivity contribution in [3.63, 3.8) is 0 Å². The quantitative estimate of drug-likeness (QED) is 0.177. The molecule has 0 fully saturated rings. The van der Waals surface area contributed by atoms with Gasteiger partial charge in [-0.05, 0) is 103 Å². The Bertz CT molecular complexity index is 2660. The van der Waals surface area contributed by atoms with E-state index in [9.17, 15) is 0 Å². The van der Waals surface area contributed by atoms with E-state index in [0.29, 0.717) is 0 Å². The summed E-state index contributed by atoms with van der Waals surface area (Å²) in [4.78, 5) is 5.05. The second kappa shape index (κ2) is 11.6. The third-order valence-corrected chi connectivity index (χ3v) is 16.7. The average Bonchev–Trinajstić information content (AvgIpc) is 3.52. The first kappa shape index (κ1) is 30.3. The van der Waals surface area contributed by atoms with Crippen molar-refractivity contribution in [2.45, 2.75) is 6.92 Å². The Morgan fingerprint density at radius 1 is 0.415 bits per heavy atom. The summed E-state index contributed by atoms with van der Waals surface area (Å²) in [5.74, 6) is 0. The molecular weight excluding hydrogens is 655 g/mol. The highest BCUT2D eigenvalue weighted by Gasteiger charge is 2.51. The molecule has 0 saturated carbocycles. The summed E-state index contributed by atoms with van der Waals surface area (Å²) in [6.07, 6.45) is 0. The second-order valence-electron chi connectivity index (χ2n) is 14.5. The van der Waals surface area contributed by atoms with Gasteiger partial charge in [-0.3, -0.25) is 0 Å². The lowest BCUT2D eigenvalue weighted by Gasteiger charge is -2.45. The molecule has 0 aliphatic carbocycles. The lowest BCUT2D eigenvalue weighted by molar-refractivity contribution is 1.23. The summed E-state index contributed by atoms with van der Waals surface area (Å²) < 4.78 is 0. The molecule has 3 aliphatic heterocycles. The minimum atomic E-state index is -2.71. The third-order valence-electron chi connectivity index (χ3n) is 11.8. The Labute approximate surface area is 312 Å². The summed E-state index contributed by atoms with van der Waals surface area (Å²) in [6, 6.07) is 72.8. The van der Waals surface area contributed by atoms with Crippen molar-refractivity contribution in [3.8, 4) is 11.1 Å². The number of anilines is 6. The molecule has 0 unspecified atom stereocenters. The monoisotopic (exact) mass is 690 g/mol. The molecule has 8 aromatic rings. The molecule has 248 valence electrons. The predicted molar refractivity (Wildman–Crippen MR) is 228 cm³/mol. The Morgan fingerprint density at radius 2 is 0.981 bits per heavy atom. The number of benzene rings is 8. The van der Waals surface area contributed by atoms with Crippen molar-refractivity contribution in [3.05, 3.63) is 200 Å². The highest BCUT2D eigenvalue weighted by molar-refractivity contribution is 7.22. The highest BCUT2D eigenvalue weighted by Crippen LogP contribution is 2.45. The molecule has 0 bridgehead atoms. The van der Waals surface area contributed by atoms with Crippen LogP contribution in [-0.2, 0) is 0 Å². The van der Waals surface area contributed by atoms with Crippen molar-refractivity contribution in [2.75, 3.05) is 9.80 Å². The standard InChI is InChI=1S/C49H35BN2Si/c1-34-30-31-44-48-49(34)52(36-20-8-3-9-21-36)43-28-16-15-27-41(43)50(48)42-32-40-39-26-14-17-29-46(39)53(37-22-10-4-11-23-37,38-24-12-5-13-25-38)47(40)33-45(42)51(44)35-18-6-2-7-19-35/h2-33H,1H3. The molecule has 8 aromatic carbocycles. The number of aryl methyl sites for hydroxylation is 1. The lowest BCUT2D eigenvalue weighted by atomic mass is 9.33. The maximum Gasteiger partial charge on any atom is 0.252 e. The summed E-state index contributed by atoms with van der Waals surface area (Å²) in [5.41, 5.74) is 15.4. The van der Waals surface area contributed by atoms with Crippen LogP contribution >= 0.6 is 0 Å². The van der Waals surface area contributed by atoms with Gasteiger partial charge in [0.15, 0.2) is 8.07 Å². The average molecular weight is 691 g/mol. The van der Waals surface area contributed by atoms with Crippen LogP contribution in [0, 0.1) is 6.92 Å². The molecule has 2 nitrogen and oxygen atoms in total. The van der Waals surface area contributed by atoms with Gasteiger partial charge in [-0.1, -0.05) is 152 Å². The van der Waals surface area contributed by atoms with E-state index < -0.39 is 8.07 Å². The van der Waals surface area contributed by atoms with Gasteiger partial charge in [-0.25, -0.2) is 0 Å². The van der Waals surface area contributed by atoms with E-state index in [1.807, 2.05) is 0 Å². The van der Waals surface area contributed by atoms with E-state index in [1.165, 1.54) is 87.9 Å². The Balaban J connectivity index is 1.28. The van der Waals surface area contributed by atoms with Crippen LogP contribution in [0.4, 0.5) is 34.1 Å². The fraction of sp³-hybridized carbons (Fsp3) is 0.0204. The zero-order valence-corrected chi connectivity index (χ0v) is 30.4. The molecular formula is C49H35BN2Si. The largest absolute Gasteiger partial charge is 0.311 e. The van der Waals surface area contributed by atoms with E-state index in [2.05, 4.69) is 211 Å². The molecule has 0 amide bonds. The van der Waals surface area contributed by atoms with Gasteiger partial charge in [0.05, 0.1) is 0 Å². The first-order chi connectivity index (χ1) is 26.2. The Morgan fingerprint density at radius 3 is 1.66 bits per heavy atom. The molecule has 0 radical (unpaired) electrons. The van der Waals surface area contributed by atoms with Crippen LogP contribution in [0.5, 0.6) is 0 Å². The van der Waals surface area contributed by atoms with Gasteiger partial charge in [0, 0.05) is 34.1 Å². The molecule has 11 rings (SSSR count). The van der Waals surface area contributed by atoms with Gasteiger partial charge in [0.25, 0.3) is 6.71 Å². The molecule has 0 atom stereocenters. The number of fused-ring (bicyclic) bond motifs is 7. The summed E-state index contributed by atoms with van der Waals surface area (Å²) >= 11 is 0. The number of hydrogen-bond donors (Lipinski definition) is 0. The smallest absolute Gasteiger partial charge is 0.252 e. The number of para-hydroxylation sites is 3. The van der Waals surface area contributed by atoms with E-state index in [-0.39, 0.29) is 6.71 Å². The molecule has 0 aromatic heterocycles. The van der Waals surface area contributed by atoms with Crippen LogP contribution in [0.1, 0.15) is 5.56 Å². The van der Waals surface area contributed by atoms with Crippen LogP contribution in [-0.4, -0.2) is 14.8 Å². The van der Waals surface area contributed by atoms with Gasteiger partial charge in [-0.15, -0.1) is 0 Å². The van der Waals surface area contributed by atoms with Gasteiger partial charge in [-0.2, -0.15) is 0 Å². The third kappa shape index (κ3) is 4.16. The molecule has 4 heteroatoms. The normalized spacial score (nSPS) is 14.2. The van der Waals surface area contributed by atoms with Crippen molar-refractivity contribution >= 4 is 86.0 Å². The highest BCUT2D eigenvalue weighted by atomic mass is 28.3. The maximum absolute atomic E-state index is 2.71. The number of nitrogens with zero attached hydrogens (tertiary/aromatic N) is 2. The second-order valence-corrected chi connectivity index (χ2v) is 18.2. The van der Waals surface area contributed by atoms with Crippen LogP contribution in [0.3, 0.4) is 0 Å². The minimum absolute atomic E-state index is 0.0635. The number of hydrogen-bond acceptors (Lipinski definition) is 2. The fourth-order valence-electron chi connectivity index (χ4n) is 9.77. The lowest BCUT2D eigenvalue weighted by Crippen LogP contribution is -2.73. The molecule has 0 spiro atoms. The topological polar surface area (TPSA) is 6.48 Å². The Kier molecular flexibility index (Phi) is 6.61. The van der Waals surface area contributed by atoms with E-state index in [4.69, 9.17) is 0 Å². The van der Waals surface area contributed by atoms with E-state index in [1.54, 1.807) is 0 Å². The van der Waals surface area contributed by atoms with Gasteiger partial charge in [0.2, 0.25) is 0 Å². The minimum Gasteiger partial charge on any atom is -0.311 e. The molecule has 0 N–H and O–H groups in total. The van der Waals surface area contributed by atoms with Gasteiger partial charge < -0.3 is 9.80 Å². The van der Waals surface area contributed by atoms with E-state index >= 15 is 0 Å². The van der Waals surface area contributed by atoms with Crippen molar-refractivity contribution in [2.24, 2.45) is 0 Å². The van der Waals surface area contributed by atoms with Crippen LogP contribution in [0.2, 0.25) is 0 Å². The summed E-state index contributed by atoms with van der Waals surface area (Å²) in [6.45, 7) is 2.34. The van der Waals surface area contributed by atoms with Crippen LogP contribution in [0.15, 0.2) is 194 Å². The van der Waals surface area contributed by atoms with E-state index in [0.717, 1.165) is 0 Å². The first-order valence-corrected chi connectivity index (χ1v) is 20.6. The predicted octanol–water partition coefficient (Wildman–Crippen LogP) is 7.44. The van der Waals surface area contributed by atoms with Crippen LogP contribution in [0.25, 0.3) is 11.1 Å². The molecule has 3 heterocycles. The fourth-order valence-corrected chi connectivity index (χ4v) is 15.0. The zero-order valence-electron chi connectivity index (χ0n) is 29.4. The summed E-state index contributed by atoms with van der Waals surface area (Å²) in [5, 5.41) is 5.76. The van der Waals surface area contributed by atoms with Crippen LogP contribution < -0.4 is 46.9 Å².